The van der Waals surface area contributed by atoms with Crippen LogP contribution in [0.15, 0.2) is 53.6 Å². The van der Waals surface area contributed by atoms with Crippen LogP contribution in [0.5, 0.6) is 0 Å². The van der Waals surface area contributed by atoms with Gasteiger partial charge in [0.1, 0.15) is 5.69 Å². The van der Waals surface area contributed by atoms with Gasteiger partial charge in [0.15, 0.2) is 0 Å². The van der Waals surface area contributed by atoms with Crippen LogP contribution >= 0.6 is 0 Å². The van der Waals surface area contributed by atoms with Crippen LogP contribution in [-0.2, 0) is 10.0 Å². The first kappa shape index (κ1) is 18.0. The minimum Gasteiger partial charge on any atom is -0.267 e. The maximum Gasteiger partial charge on any atom is 0.288 e. The number of nitrogens with one attached hydrogen (secondary N) is 2. The van der Waals surface area contributed by atoms with Gasteiger partial charge in [-0.15, -0.1) is 0 Å². The average Bonchev–Trinajstić information content (AvgIpc) is 3.22. The number of hydrogen-bond donors (Lipinski definition) is 2. The standard InChI is InChI=1S/C17H18N4O4S/c22-16(19-20-17(23)15-5-1-2-10-18-15)13-6-8-14(9-7-13)26(24,25)21-11-3-4-12-21/h1-2,5-10H,3-4,11-12H2,(H,19,22)(H,20,23). The number of nitrogens with zero attached hydrogens (tertiary/aromatic N) is 2. The van der Waals surface area contributed by atoms with Crippen LogP contribution < -0.4 is 10.9 Å². The van der Waals surface area contributed by atoms with E-state index in [1.807, 2.05) is 0 Å². The van der Waals surface area contributed by atoms with E-state index in [2.05, 4.69) is 15.8 Å². The summed E-state index contributed by atoms with van der Waals surface area (Å²) >= 11 is 0. The van der Waals surface area contributed by atoms with E-state index in [4.69, 9.17) is 0 Å². The van der Waals surface area contributed by atoms with Crippen LogP contribution in [-0.4, -0.2) is 42.6 Å². The molecule has 3 rings (SSSR count). The molecule has 1 aliphatic heterocycles. The Morgan fingerprint density at radius 2 is 1.58 bits per heavy atom. The second-order valence-electron chi connectivity index (χ2n) is 5.76. The van der Waals surface area contributed by atoms with Gasteiger partial charge in [0.05, 0.1) is 4.90 Å². The highest BCUT2D eigenvalue weighted by Crippen LogP contribution is 2.21. The number of pyridine rings is 1. The minimum absolute atomic E-state index is 0.147. The molecule has 2 N–H and O–H groups in total. The highest BCUT2D eigenvalue weighted by molar-refractivity contribution is 7.89. The van der Waals surface area contributed by atoms with Gasteiger partial charge in [0, 0.05) is 24.8 Å². The zero-order valence-corrected chi connectivity index (χ0v) is 14.7. The summed E-state index contributed by atoms with van der Waals surface area (Å²) in [6, 6.07) is 10.4. The molecule has 9 heteroatoms. The molecule has 2 heterocycles. The van der Waals surface area contributed by atoms with E-state index in [1.54, 1.807) is 12.1 Å². The van der Waals surface area contributed by atoms with Crippen LogP contribution in [0.4, 0.5) is 0 Å². The van der Waals surface area contributed by atoms with Crippen molar-refractivity contribution in [2.45, 2.75) is 17.7 Å². The Balaban J connectivity index is 1.63. The molecule has 1 aliphatic rings. The number of carbonyl (C=O) groups is 2. The molecule has 1 aromatic carbocycles. The molecule has 8 nitrogen and oxygen atoms in total. The Morgan fingerprint density at radius 3 is 2.19 bits per heavy atom. The predicted octanol–water partition coefficient (Wildman–Crippen LogP) is 0.941. The van der Waals surface area contributed by atoms with Crippen molar-refractivity contribution in [3.63, 3.8) is 0 Å². The normalized spacial score (nSPS) is 14.8. The molecular weight excluding hydrogens is 356 g/mol. The maximum atomic E-state index is 12.4. The Hall–Kier alpha value is -2.78. The first-order chi connectivity index (χ1) is 12.5. The molecule has 0 atom stereocenters. The van der Waals surface area contributed by atoms with Gasteiger partial charge < -0.3 is 0 Å². The second kappa shape index (κ2) is 7.63. The van der Waals surface area contributed by atoms with Crippen LogP contribution in [0, 0.1) is 0 Å². The SMILES string of the molecule is O=C(NNC(=O)c1ccccn1)c1ccc(S(=O)(=O)N2CCCC2)cc1. The number of amides is 2. The van der Waals surface area contributed by atoms with Crippen molar-refractivity contribution in [2.75, 3.05) is 13.1 Å². The lowest BCUT2D eigenvalue weighted by atomic mass is 10.2. The van der Waals surface area contributed by atoms with Crippen molar-refractivity contribution < 1.29 is 18.0 Å². The molecule has 0 unspecified atom stereocenters. The third-order valence-electron chi connectivity index (χ3n) is 4.01. The molecule has 26 heavy (non-hydrogen) atoms. The van der Waals surface area contributed by atoms with Gasteiger partial charge in [-0.2, -0.15) is 4.31 Å². The third-order valence-corrected chi connectivity index (χ3v) is 5.92. The van der Waals surface area contributed by atoms with E-state index in [0.29, 0.717) is 13.1 Å². The average molecular weight is 374 g/mol. The molecule has 0 saturated carbocycles. The van der Waals surface area contributed by atoms with Gasteiger partial charge in [0.2, 0.25) is 10.0 Å². The fraction of sp³-hybridized carbons (Fsp3) is 0.235. The largest absolute Gasteiger partial charge is 0.288 e. The van der Waals surface area contributed by atoms with Crippen molar-refractivity contribution in [3.05, 3.63) is 59.9 Å². The first-order valence-electron chi connectivity index (χ1n) is 8.10. The Kier molecular flexibility index (Phi) is 5.29. The lowest BCUT2D eigenvalue weighted by molar-refractivity contribution is 0.0844. The molecule has 2 amide bonds. The van der Waals surface area contributed by atoms with Crippen LogP contribution in [0.2, 0.25) is 0 Å². The predicted molar refractivity (Wildman–Crippen MR) is 93.6 cm³/mol. The highest BCUT2D eigenvalue weighted by atomic mass is 32.2. The van der Waals surface area contributed by atoms with Crippen LogP contribution in [0.25, 0.3) is 0 Å². The summed E-state index contributed by atoms with van der Waals surface area (Å²) in [6.07, 6.45) is 3.18. The molecule has 0 bridgehead atoms. The number of carbonyl (C=O) groups excluding carboxylic acids is 2. The summed E-state index contributed by atoms with van der Waals surface area (Å²) in [4.78, 5) is 27.9. The quantitative estimate of drug-likeness (QED) is 0.775. The van der Waals surface area contributed by atoms with E-state index >= 15 is 0 Å². The van der Waals surface area contributed by atoms with Gasteiger partial charge in [0.25, 0.3) is 11.8 Å². The number of hydrazine groups is 1. The number of sulfonamides is 1. The number of hydrogen-bond acceptors (Lipinski definition) is 5. The number of rotatable bonds is 4. The lowest BCUT2D eigenvalue weighted by Crippen LogP contribution is -2.41. The topological polar surface area (TPSA) is 108 Å². The van der Waals surface area contributed by atoms with Gasteiger partial charge in [-0.1, -0.05) is 6.07 Å². The molecule has 1 fully saturated rings. The summed E-state index contributed by atoms with van der Waals surface area (Å²) in [5, 5.41) is 0. The molecule has 1 aromatic heterocycles. The molecule has 2 aromatic rings. The van der Waals surface area contributed by atoms with E-state index in [1.165, 1.54) is 40.8 Å². The lowest BCUT2D eigenvalue weighted by Gasteiger charge is -2.15. The maximum absolute atomic E-state index is 12.4. The fourth-order valence-corrected chi connectivity index (χ4v) is 4.12. The van der Waals surface area contributed by atoms with E-state index in [9.17, 15) is 18.0 Å². The second-order valence-corrected chi connectivity index (χ2v) is 7.70. The molecule has 0 spiro atoms. The molecule has 0 aliphatic carbocycles. The first-order valence-corrected chi connectivity index (χ1v) is 9.54. The molecular formula is C17H18N4O4S. The smallest absolute Gasteiger partial charge is 0.267 e. The monoisotopic (exact) mass is 374 g/mol. The zero-order valence-electron chi connectivity index (χ0n) is 13.9. The molecule has 1 saturated heterocycles. The summed E-state index contributed by atoms with van der Waals surface area (Å²) in [5.41, 5.74) is 4.93. The van der Waals surface area contributed by atoms with Gasteiger partial charge in [-0.25, -0.2) is 8.42 Å². The van der Waals surface area contributed by atoms with Crippen LogP contribution in [0.1, 0.15) is 33.7 Å². The van der Waals surface area contributed by atoms with Gasteiger partial charge in [-0.05, 0) is 49.2 Å². The van der Waals surface area contributed by atoms with Crippen molar-refractivity contribution in [3.8, 4) is 0 Å². The summed E-state index contributed by atoms with van der Waals surface area (Å²) in [5.74, 6) is -1.11. The zero-order chi connectivity index (χ0) is 18.6. The summed E-state index contributed by atoms with van der Waals surface area (Å²) in [7, 11) is -3.52. The highest BCUT2D eigenvalue weighted by Gasteiger charge is 2.27. The number of benzene rings is 1. The Labute approximate surface area is 151 Å². The van der Waals surface area contributed by atoms with Crippen molar-refractivity contribution in [1.82, 2.24) is 20.1 Å². The minimum atomic E-state index is -3.52. The summed E-state index contributed by atoms with van der Waals surface area (Å²) in [6.45, 7) is 1.04. The third kappa shape index (κ3) is 3.89. The fourth-order valence-electron chi connectivity index (χ4n) is 2.60. The van der Waals surface area contributed by atoms with E-state index in [-0.39, 0.29) is 16.2 Å². The van der Waals surface area contributed by atoms with Crippen molar-refractivity contribution in [2.24, 2.45) is 0 Å². The van der Waals surface area contributed by atoms with E-state index < -0.39 is 21.8 Å². The molecule has 0 radical (unpaired) electrons. The summed E-state index contributed by atoms with van der Waals surface area (Å²) < 4.78 is 26.3. The van der Waals surface area contributed by atoms with Crippen molar-refractivity contribution >= 4 is 21.8 Å². The van der Waals surface area contributed by atoms with Gasteiger partial charge >= 0.3 is 0 Å². The molecule has 136 valence electrons. The number of aromatic nitrogens is 1. The van der Waals surface area contributed by atoms with Gasteiger partial charge in [-0.3, -0.25) is 25.4 Å². The van der Waals surface area contributed by atoms with Crippen LogP contribution in [0.3, 0.4) is 0 Å². The Bertz CT molecular complexity index is 892. The van der Waals surface area contributed by atoms with Crippen molar-refractivity contribution in [1.29, 1.82) is 0 Å². The van der Waals surface area contributed by atoms with E-state index in [0.717, 1.165) is 12.8 Å². The Morgan fingerprint density at radius 1 is 0.923 bits per heavy atom.